The van der Waals surface area contributed by atoms with Gasteiger partial charge in [0, 0.05) is 12.8 Å². The topological polar surface area (TPSA) is 95.9 Å². The lowest BCUT2D eigenvalue weighted by atomic mass is 10.0. The molecule has 466 valence electrons. The molecule has 0 aliphatic carbocycles. The van der Waals surface area contributed by atoms with Gasteiger partial charge < -0.3 is 20.3 Å². The van der Waals surface area contributed by atoms with Crippen molar-refractivity contribution in [2.75, 3.05) is 13.2 Å². The Bertz CT molecular complexity index is 1280. The molecule has 0 fully saturated rings. The monoisotopic (exact) mass is 1110 g/mol. The minimum atomic E-state index is -0.840. The van der Waals surface area contributed by atoms with Gasteiger partial charge in [-0.1, -0.05) is 352 Å². The van der Waals surface area contributed by atoms with Crippen LogP contribution in [0.2, 0.25) is 0 Å². The maximum atomic E-state index is 12.5. The van der Waals surface area contributed by atoms with Crippen molar-refractivity contribution in [2.24, 2.45) is 0 Å². The number of carbonyl (C=O) groups is 2. The van der Waals surface area contributed by atoms with E-state index in [1.807, 2.05) is 6.08 Å². The third-order valence-corrected chi connectivity index (χ3v) is 16.7. The molecule has 0 radical (unpaired) electrons. The normalized spacial score (nSPS) is 12.7. The summed E-state index contributed by atoms with van der Waals surface area (Å²) < 4.78 is 5.50. The molecule has 2 unspecified atom stereocenters. The smallest absolute Gasteiger partial charge is 0.305 e. The van der Waals surface area contributed by atoms with Gasteiger partial charge in [-0.05, 0) is 64.2 Å². The van der Waals surface area contributed by atoms with Gasteiger partial charge in [0.05, 0.1) is 25.4 Å². The van der Waals surface area contributed by atoms with Gasteiger partial charge in [0.25, 0.3) is 0 Å². The summed E-state index contributed by atoms with van der Waals surface area (Å²) in [5, 5.41) is 23.1. The Labute approximate surface area is 494 Å². The molecule has 0 aromatic carbocycles. The summed E-state index contributed by atoms with van der Waals surface area (Å²) in [6.45, 7) is 4.90. The first-order chi connectivity index (χ1) is 39.0. The number of esters is 1. The zero-order valence-electron chi connectivity index (χ0n) is 53.4. The molecule has 0 saturated heterocycles. The molecule has 0 aromatic rings. The minimum Gasteiger partial charge on any atom is -0.466 e. The maximum absolute atomic E-state index is 12.5. The largest absolute Gasteiger partial charge is 0.466 e. The summed E-state index contributed by atoms with van der Waals surface area (Å²) in [6.07, 6.45) is 88.1. The fourth-order valence-corrected chi connectivity index (χ4v) is 11.2. The van der Waals surface area contributed by atoms with E-state index in [0.29, 0.717) is 19.4 Å². The van der Waals surface area contributed by atoms with Crippen LogP contribution in [0.4, 0.5) is 0 Å². The SMILES string of the molecule is CCCCC/C=C\C/C=C\CCCCCCCCCC(=O)OCCCCCCCCCCCCCCCCCCCCCCCCCCCCCCCCCCC(=O)NC(CO)C(O)/C=C/CCCCCCCCCCCCC. The summed E-state index contributed by atoms with van der Waals surface area (Å²) in [5.41, 5.74) is 0. The van der Waals surface area contributed by atoms with E-state index >= 15 is 0 Å². The van der Waals surface area contributed by atoms with Crippen LogP contribution in [0.1, 0.15) is 393 Å². The van der Waals surface area contributed by atoms with Crippen molar-refractivity contribution < 1.29 is 24.5 Å². The number of unbranched alkanes of at least 4 members (excludes halogenated alkanes) is 52. The van der Waals surface area contributed by atoms with Crippen LogP contribution in [0.25, 0.3) is 0 Å². The second-order valence-corrected chi connectivity index (χ2v) is 24.6. The Morgan fingerprint density at radius 1 is 0.354 bits per heavy atom. The fourth-order valence-electron chi connectivity index (χ4n) is 11.2. The molecule has 6 heteroatoms. The van der Waals surface area contributed by atoms with E-state index in [-0.39, 0.29) is 18.5 Å². The standard InChI is InChI=1S/C73H139NO5/c1-3-5-7-9-11-13-15-17-18-35-39-43-47-51-55-59-63-67-73(78)79-68-64-60-56-52-48-44-40-37-34-32-30-28-26-24-22-20-19-21-23-25-27-29-31-33-36-38-42-46-50-54-58-62-66-72(77)74-70(69-75)71(76)65-61-57-53-49-45-41-16-14-12-10-8-6-4-2/h11,13,17-18,61,65,70-71,75-76H,3-10,12,14-16,19-60,62-64,66-69H2,1-2H3,(H,74,77)/b13-11-,18-17-,65-61+. The molecule has 0 heterocycles. The summed E-state index contributed by atoms with van der Waals surface area (Å²) in [4.78, 5) is 24.6. The number of rotatable bonds is 67. The Morgan fingerprint density at radius 2 is 0.633 bits per heavy atom. The third kappa shape index (κ3) is 65.1. The van der Waals surface area contributed by atoms with Crippen molar-refractivity contribution in [2.45, 2.75) is 405 Å². The van der Waals surface area contributed by atoms with E-state index < -0.39 is 12.1 Å². The molecule has 0 saturated carbocycles. The molecule has 2 atom stereocenters. The summed E-state index contributed by atoms with van der Waals surface area (Å²) in [5.74, 6) is -0.0487. The van der Waals surface area contributed by atoms with Gasteiger partial charge in [-0.3, -0.25) is 9.59 Å². The number of amides is 1. The highest BCUT2D eigenvalue weighted by molar-refractivity contribution is 5.76. The lowest BCUT2D eigenvalue weighted by molar-refractivity contribution is -0.143. The molecule has 1 amide bonds. The molecule has 0 aromatic heterocycles. The van der Waals surface area contributed by atoms with E-state index in [2.05, 4.69) is 43.5 Å². The lowest BCUT2D eigenvalue weighted by Gasteiger charge is -2.20. The van der Waals surface area contributed by atoms with Crippen molar-refractivity contribution >= 4 is 11.9 Å². The van der Waals surface area contributed by atoms with Gasteiger partial charge in [0.2, 0.25) is 5.91 Å². The molecule has 0 bridgehead atoms. The number of hydrogen-bond acceptors (Lipinski definition) is 5. The molecular weight excluding hydrogens is 971 g/mol. The second-order valence-electron chi connectivity index (χ2n) is 24.6. The molecule has 6 nitrogen and oxygen atoms in total. The first kappa shape index (κ1) is 77.1. The molecule has 3 N–H and O–H groups in total. The Morgan fingerprint density at radius 3 is 0.987 bits per heavy atom. The molecule has 0 aliphatic heterocycles. The molecule has 0 aliphatic rings. The Hall–Kier alpha value is -1.92. The van der Waals surface area contributed by atoms with Crippen LogP contribution in [0.5, 0.6) is 0 Å². The number of nitrogens with one attached hydrogen (secondary N) is 1. The van der Waals surface area contributed by atoms with Crippen molar-refractivity contribution in [3.05, 3.63) is 36.5 Å². The first-order valence-electron chi connectivity index (χ1n) is 35.8. The van der Waals surface area contributed by atoms with Crippen LogP contribution in [0, 0.1) is 0 Å². The van der Waals surface area contributed by atoms with E-state index in [1.165, 1.54) is 315 Å². The van der Waals surface area contributed by atoms with E-state index in [1.54, 1.807) is 6.08 Å². The van der Waals surface area contributed by atoms with Gasteiger partial charge in [-0.25, -0.2) is 0 Å². The predicted molar refractivity (Wildman–Crippen MR) is 347 cm³/mol. The van der Waals surface area contributed by atoms with Crippen LogP contribution in [-0.2, 0) is 14.3 Å². The number of hydrogen-bond donors (Lipinski definition) is 3. The number of allylic oxidation sites excluding steroid dienone is 5. The summed E-state index contributed by atoms with van der Waals surface area (Å²) in [7, 11) is 0. The predicted octanol–water partition coefficient (Wildman–Crippen LogP) is 23.1. The van der Waals surface area contributed by atoms with Crippen LogP contribution in [0.15, 0.2) is 36.5 Å². The molecule has 0 spiro atoms. The average molecular weight is 1110 g/mol. The van der Waals surface area contributed by atoms with Crippen LogP contribution < -0.4 is 5.32 Å². The highest BCUT2D eigenvalue weighted by atomic mass is 16.5. The van der Waals surface area contributed by atoms with Crippen molar-refractivity contribution in [3.8, 4) is 0 Å². The minimum absolute atomic E-state index is 0.0135. The number of ether oxygens (including phenoxy) is 1. The number of aliphatic hydroxyl groups is 2. The highest BCUT2D eigenvalue weighted by Crippen LogP contribution is 2.19. The van der Waals surface area contributed by atoms with E-state index in [0.717, 1.165) is 51.4 Å². The quantitative estimate of drug-likeness (QED) is 0.0320. The fraction of sp³-hybridized carbons (Fsp3) is 0.890. The van der Waals surface area contributed by atoms with Gasteiger partial charge in [0.1, 0.15) is 0 Å². The van der Waals surface area contributed by atoms with Gasteiger partial charge >= 0.3 is 5.97 Å². The Balaban J connectivity index is 3.32. The average Bonchev–Trinajstić information content (AvgIpc) is 3.45. The maximum Gasteiger partial charge on any atom is 0.305 e. The number of aliphatic hydroxyl groups excluding tert-OH is 2. The van der Waals surface area contributed by atoms with Crippen LogP contribution in [0.3, 0.4) is 0 Å². The second kappa shape index (κ2) is 68.6. The first-order valence-corrected chi connectivity index (χ1v) is 35.8. The summed E-state index contributed by atoms with van der Waals surface area (Å²) >= 11 is 0. The van der Waals surface area contributed by atoms with E-state index in [4.69, 9.17) is 4.74 Å². The van der Waals surface area contributed by atoms with Crippen LogP contribution in [-0.4, -0.2) is 47.4 Å². The molecular formula is C73H139NO5. The lowest BCUT2D eigenvalue weighted by Crippen LogP contribution is -2.45. The third-order valence-electron chi connectivity index (χ3n) is 16.7. The van der Waals surface area contributed by atoms with Crippen molar-refractivity contribution in [1.82, 2.24) is 5.32 Å². The summed E-state index contributed by atoms with van der Waals surface area (Å²) in [6, 6.07) is -0.623. The molecule has 0 rings (SSSR count). The van der Waals surface area contributed by atoms with Gasteiger partial charge in [0.15, 0.2) is 0 Å². The van der Waals surface area contributed by atoms with E-state index in [9.17, 15) is 19.8 Å². The zero-order chi connectivity index (χ0) is 57.1. The number of carbonyl (C=O) groups excluding carboxylic acids is 2. The van der Waals surface area contributed by atoms with Crippen molar-refractivity contribution in [1.29, 1.82) is 0 Å². The van der Waals surface area contributed by atoms with Crippen LogP contribution >= 0.6 is 0 Å². The van der Waals surface area contributed by atoms with Gasteiger partial charge in [-0.15, -0.1) is 0 Å². The Kier molecular flexibility index (Phi) is 66.9. The molecule has 79 heavy (non-hydrogen) atoms. The van der Waals surface area contributed by atoms with Crippen molar-refractivity contribution in [3.63, 3.8) is 0 Å². The highest BCUT2D eigenvalue weighted by Gasteiger charge is 2.18. The van der Waals surface area contributed by atoms with Gasteiger partial charge in [-0.2, -0.15) is 0 Å². The zero-order valence-corrected chi connectivity index (χ0v) is 53.4.